The van der Waals surface area contributed by atoms with Gasteiger partial charge in [-0.15, -0.1) is 11.3 Å². The molecule has 2 amide bonds. The van der Waals surface area contributed by atoms with Crippen molar-refractivity contribution in [3.8, 4) is 5.75 Å². The normalized spacial score (nSPS) is 10.5. The van der Waals surface area contributed by atoms with Crippen molar-refractivity contribution in [2.24, 2.45) is 0 Å². The van der Waals surface area contributed by atoms with Crippen molar-refractivity contribution in [3.05, 3.63) is 73.5 Å². The molecule has 0 atom stereocenters. The number of amides is 2. The van der Waals surface area contributed by atoms with Crippen LogP contribution in [-0.4, -0.2) is 31.0 Å². The molecule has 1 heterocycles. The third-order valence-electron chi connectivity index (χ3n) is 4.42. The molecule has 2 aromatic carbocycles. The van der Waals surface area contributed by atoms with Crippen LogP contribution in [0.4, 0.5) is 10.7 Å². The summed E-state index contributed by atoms with van der Waals surface area (Å²) in [4.78, 5) is 38.3. The number of esters is 1. The van der Waals surface area contributed by atoms with Gasteiger partial charge in [0.05, 0.1) is 22.1 Å². The van der Waals surface area contributed by atoms with Gasteiger partial charge in [0.2, 0.25) is 0 Å². The molecule has 0 bridgehead atoms. The third-order valence-corrected chi connectivity index (χ3v) is 6.39. The van der Waals surface area contributed by atoms with E-state index in [0.717, 1.165) is 11.3 Å². The lowest BCUT2D eigenvalue weighted by molar-refractivity contribution is -0.118. The highest BCUT2D eigenvalue weighted by atomic mass is 35.5. The van der Waals surface area contributed by atoms with Crippen LogP contribution >= 0.6 is 46.1 Å². The Morgan fingerprint density at radius 2 is 1.74 bits per heavy atom. The first-order valence-corrected chi connectivity index (χ1v) is 11.9. The molecule has 1 aromatic heterocycles. The quantitative estimate of drug-likeness (QED) is 0.319. The summed E-state index contributed by atoms with van der Waals surface area (Å²) in [5.74, 6) is -1.40. The van der Waals surface area contributed by atoms with Crippen LogP contribution < -0.4 is 15.4 Å². The Morgan fingerprint density at radius 1 is 1.00 bits per heavy atom. The molecule has 0 saturated heterocycles. The van der Waals surface area contributed by atoms with Gasteiger partial charge in [-0.25, -0.2) is 4.79 Å². The van der Waals surface area contributed by atoms with Crippen LogP contribution in [0.5, 0.6) is 5.75 Å². The summed E-state index contributed by atoms with van der Waals surface area (Å²) in [6, 6.07) is 11.3. The van der Waals surface area contributed by atoms with Crippen molar-refractivity contribution in [2.45, 2.75) is 13.8 Å². The second-order valence-electron chi connectivity index (χ2n) is 6.86. The van der Waals surface area contributed by atoms with Crippen LogP contribution in [0.2, 0.25) is 15.1 Å². The Balaban J connectivity index is 1.81. The van der Waals surface area contributed by atoms with E-state index < -0.39 is 17.8 Å². The van der Waals surface area contributed by atoms with E-state index in [9.17, 15) is 14.4 Å². The number of hydrogen-bond acceptors (Lipinski definition) is 6. The summed E-state index contributed by atoms with van der Waals surface area (Å²) in [5, 5.41) is 6.67. The van der Waals surface area contributed by atoms with Crippen molar-refractivity contribution in [3.63, 3.8) is 0 Å². The first kappa shape index (κ1) is 25.8. The van der Waals surface area contributed by atoms with E-state index in [2.05, 4.69) is 10.6 Å². The second kappa shape index (κ2) is 11.6. The van der Waals surface area contributed by atoms with Crippen molar-refractivity contribution in [1.82, 2.24) is 0 Å². The maximum atomic E-state index is 12.9. The molecule has 0 radical (unpaired) electrons. The SMILES string of the molecule is CCOC(=O)c1c(NC(=O)COc2ccc(Cl)cc2Cl)sc(C(=O)Nc2cccc(Cl)c2)c1C. The maximum Gasteiger partial charge on any atom is 0.341 e. The number of anilines is 2. The first-order chi connectivity index (χ1) is 16.2. The van der Waals surface area contributed by atoms with Gasteiger partial charge in [-0.3, -0.25) is 9.59 Å². The lowest BCUT2D eigenvalue weighted by Crippen LogP contribution is -2.21. The standard InChI is InChI=1S/C23H19Cl3N2O5S/c1-3-32-23(31)19-12(2)20(21(30)27-15-6-4-5-13(24)9-15)34-22(19)28-18(29)11-33-17-8-7-14(25)10-16(17)26/h4-10H,3,11H2,1-2H3,(H,27,30)(H,28,29). The van der Waals surface area contributed by atoms with Crippen molar-refractivity contribution >= 4 is 74.6 Å². The molecule has 11 heteroatoms. The Kier molecular flexibility index (Phi) is 8.79. The van der Waals surface area contributed by atoms with Crippen LogP contribution in [0.15, 0.2) is 42.5 Å². The van der Waals surface area contributed by atoms with Crippen molar-refractivity contribution < 1.29 is 23.9 Å². The van der Waals surface area contributed by atoms with Gasteiger partial charge in [0, 0.05) is 15.7 Å². The van der Waals surface area contributed by atoms with E-state index in [0.29, 0.717) is 21.3 Å². The molecule has 0 saturated carbocycles. The molecule has 0 aliphatic heterocycles. The fourth-order valence-corrected chi connectivity index (χ4v) is 4.68. The second-order valence-corrected chi connectivity index (χ2v) is 9.16. The number of carbonyl (C=O) groups excluding carboxylic acids is 3. The molecule has 178 valence electrons. The summed E-state index contributed by atoms with van der Waals surface area (Å²) >= 11 is 18.8. The molecule has 0 aliphatic rings. The van der Waals surface area contributed by atoms with Gasteiger partial charge < -0.3 is 20.1 Å². The van der Waals surface area contributed by atoms with Crippen LogP contribution in [-0.2, 0) is 9.53 Å². The Labute approximate surface area is 214 Å². The van der Waals surface area contributed by atoms with E-state index in [1.165, 1.54) is 12.1 Å². The van der Waals surface area contributed by atoms with Gasteiger partial charge in [0.1, 0.15) is 10.8 Å². The van der Waals surface area contributed by atoms with Gasteiger partial charge in [-0.05, 0) is 55.8 Å². The first-order valence-electron chi connectivity index (χ1n) is 9.94. The smallest absolute Gasteiger partial charge is 0.341 e. The number of halogens is 3. The molecule has 0 spiro atoms. The molecule has 0 aliphatic carbocycles. The fraction of sp³-hybridized carbons (Fsp3) is 0.174. The highest BCUT2D eigenvalue weighted by Gasteiger charge is 2.27. The van der Waals surface area contributed by atoms with E-state index in [1.807, 2.05) is 0 Å². The zero-order valence-corrected chi connectivity index (χ0v) is 21.1. The Hall–Kier alpha value is -2.78. The van der Waals surface area contributed by atoms with E-state index in [1.54, 1.807) is 44.2 Å². The number of ether oxygens (including phenoxy) is 2. The monoisotopic (exact) mass is 540 g/mol. The average molecular weight is 542 g/mol. The van der Waals surface area contributed by atoms with Crippen LogP contribution in [0.1, 0.15) is 32.5 Å². The topological polar surface area (TPSA) is 93.7 Å². The molecule has 0 unspecified atom stereocenters. The minimum absolute atomic E-state index is 0.0981. The van der Waals surface area contributed by atoms with Crippen LogP contribution in [0.3, 0.4) is 0 Å². The zero-order chi connectivity index (χ0) is 24.8. The van der Waals surface area contributed by atoms with Crippen molar-refractivity contribution in [1.29, 1.82) is 0 Å². The lowest BCUT2D eigenvalue weighted by Gasteiger charge is -2.09. The summed E-state index contributed by atoms with van der Waals surface area (Å²) in [6.07, 6.45) is 0. The highest BCUT2D eigenvalue weighted by molar-refractivity contribution is 7.19. The summed E-state index contributed by atoms with van der Waals surface area (Å²) in [5.41, 5.74) is 0.961. The van der Waals surface area contributed by atoms with Crippen LogP contribution in [0, 0.1) is 6.92 Å². The maximum absolute atomic E-state index is 12.9. The molecule has 34 heavy (non-hydrogen) atoms. The van der Waals surface area contributed by atoms with E-state index in [4.69, 9.17) is 44.3 Å². The fourth-order valence-electron chi connectivity index (χ4n) is 2.92. The predicted octanol–water partition coefficient (Wildman–Crippen LogP) is 6.46. The van der Waals surface area contributed by atoms with Gasteiger partial charge in [0.15, 0.2) is 6.61 Å². The molecule has 3 rings (SSSR count). The largest absolute Gasteiger partial charge is 0.482 e. The number of nitrogens with one attached hydrogen (secondary N) is 2. The number of thiophene rings is 1. The third kappa shape index (κ3) is 6.42. The number of hydrogen-bond donors (Lipinski definition) is 2. The predicted molar refractivity (Wildman–Crippen MR) is 135 cm³/mol. The molecule has 7 nitrogen and oxygen atoms in total. The summed E-state index contributed by atoms with van der Waals surface area (Å²) in [6.45, 7) is 3.01. The lowest BCUT2D eigenvalue weighted by atomic mass is 10.1. The molecule has 3 aromatic rings. The molecule has 0 fully saturated rings. The van der Waals surface area contributed by atoms with Gasteiger partial charge >= 0.3 is 5.97 Å². The minimum Gasteiger partial charge on any atom is -0.482 e. The highest BCUT2D eigenvalue weighted by Crippen LogP contribution is 2.35. The minimum atomic E-state index is -0.657. The van der Waals surface area contributed by atoms with Gasteiger partial charge in [0.25, 0.3) is 11.8 Å². The number of rotatable bonds is 8. The van der Waals surface area contributed by atoms with Gasteiger partial charge in [-0.1, -0.05) is 40.9 Å². The summed E-state index contributed by atoms with van der Waals surface area (Å²) < 4.78 is 10.6. The van der Waals surface area contributed by atoms with E-state index >= 15 is 0 Å². The molecule has 2 N–H and O–H groups in total. The number of carbonyl (C=O) groups is 3. The van der Waals surface area contributed by atoms with E-state index in [-0.39, 0.29) is 39.4 Å². The molecular weight excluding hydrogens is 523 g/mol. The average Bonchev–Trinajstić information content (AvgIpc) is 3.09. The zero-order valence-electron chi connectivity index (χ0n) is 18.0. The van der Waals surface area contributed by atoms with Crippen LogP contribution in [0.25, 0.3) is 0 Å². The number of benzene rings is 2. The Bertz CT molecular complexity index is 1250. The Morgan fingerprint density at radius 3 is 2.41 bits per heavy atom. The van der Waals surface area contributed by atoms with Gasteiger partial charge in [-0.2, -0.15) is 0 Å². The summed E-state index contributed by atoms with van der Waals surface area (Å²) in [7, 11) is 0. The molecular formula is C23H19Cl3N2O5S. The van der Waals surface area contributed by atoms with Crippen molar-refractivity contribution in [2.75, 3.05) is 23.8 Å².